The molecule has 0 fully saturated rings. The molecule has 1 aromatic rings. The highest BCUT2D eigenvalue weighted by atomic mass is 16.5. The fourth-order valence-electron chi connectivity index (χ4n) is 4.24. The Hall–Kier alpha value is -3.75. The van der Waals surface area contributed by atoms with Crippen LogP contribution in [0.5, 0.6) is 5.75 Å². The predicted octanol–water partition coefficient (Wildman–Crippen LogP) is 4.99. The van der Waals surface area contributed by atoms with Gasteiger partial charge in [0.2, 0.25) is 5.91 Å². The van der Waals surface area contributed by atoms with E-state index in [1.165, 1.54) is 0 Å². The van der Waals surface area contributed by atoms with Crippen LogP contribution in [-0.4, -0.2) is 50.7 Å². The maximum Gasteiger partial charge on any atom is 0.407 e. The molecule has 0 unspecified atom stereocenters. The smallest absolute Gasteiger partial charge is 0.407 e. The Bertz CT molecular complexity index is 1140. The van der Waals surface area contributed by atoms with Crippen molar-refractivity contribution in [3.05, 3.63) is 53.9 Å². The van der Waals surface area contributed by atoms with Crippen molar-refractivity contribution in [2.24, 2.45) is 16.8 Å². The molecule has 1 aromatic carbocycles. The molecule has 9 nitrogen and oxygen atoms in total. The van der Waals surface area contributed by atoms with Gasteiger partial charge in [-0.15, -0.1) is 0 Å². The lowest BCUT2D eigenvalue weighted by Crippen LogP contribution is -2.50. The number of nitrogens with zero attached hydrogens (tertiary/aromatic N) is 2. The van der Waals surface area contributed by atoms with Gasteiger partial charge in [0.15, 0.2) is 0 Å². The number of benzene rings is 1. The summed E-state index contributed by atoms with van der Waals surface area (Å²) < 4.78 is 10.6. The summed E-state index contributed by atoms with van der Waals surface area (Å²) in [4.78, 5) is 31.7. The first-order chi connectivity index (χ1) is 18.1. The molecule has 0 bridgehead atoms. The quantitative estimate of drug-likeness (QED) is 0.353. The van der Waals surface area contributed by atoms with Gasteiger partial charge in [-0.1, -0.05) is 34.3 Å². The third-order valence-electron chi connectivity index (χ3n) is 6.17. The molecule has 9 heteroatoms. The van der Waals surface area contributed by atoms with E-state index >= 15 is 0 Å². The Kier molecular flexibility index (Phi) is 9.98. The van der Waals surface area contributed by atoms with Crippen molar-refractivity contribution >= 4 is 29.2 Å². The Morgan fingerprint density at radius 2 is 1.92 bits per heavy atom. The van der Waals surface area contributed by atoms with Crippen molar-refractivity contribution in [1.29, 1.82) is 0 Å². The molecule has 206 valence electrons. The first-order valence-corrected chi connectivity index (χ1v) is 13.2. The summed E-state index contributed by atoms with van der Waals surface area (Å²) in [6, 6.07) is 5.29. The second kappa shape index (κ2) is 13.2. The SMILES string of the molecule is C=C1C=C(C)N2C(=C1)C(=NCCCCNC(=O)[C@@H](NC(=O)OCC(C)C)C(C)C)Nc1cc(OC)ccc12. The number of unbranched alkanes of at least 4 members (excludes halogenated alkanes) is 1. The predicted molar refractivity (Wildman–Crippen MR) is 153 cm³/mol. The lowest BCUT2D eigenvalue weighted by molar-refractivity contribution is -0.124. The zero-order chi connectivity index (χ0) is 27.8. The van der Waals surface area contributed by atoms with Crippen LogP contribution in [0.25, 0.3) is 0 Å². The topological polar surface area (TPSA) is 104 Å². The van der Waals surface area contributed by atoms with Gasteiger partial charge >= 0.3 is 6.09 Å². The van der Waals surface area contributed by atoms with Crippen LogP contribution in [0.15, 0.2) is 58.9 Å². The first-order valence-electron chi connectivity index (χ1n) is 13.2. The Balaban J connectivity index is 1.55. The normalized spacial score (nSPS) is 16.3. The zero-order valence-corrected chi connectivity index (χ0v) is 23.4. The van der Waals surface area contributed by atoms with E-state index in [9.17, 15) is 9.59 Å². The molecule has 0 radical (unpaired) electrons. The number of carbonyl (C=O) groups excluding carboxylic acids is 2. The number of amidine groups is 1. The Morgan fingerprint density at radius 3 is 2.61 bits per heavy atom. The molecule has 2 amide bonds. The van der Waals surface area contributed by atoms with Crippen LogP contribution in [-0.2, 0) is 9.53 Å². The molecule has 3 N–H and O–H groups in total. The van der Waals surface area contributed by atoms with Gasteiger partial charge in [0.05, 0.1) is 30.8 Å². The molecule has 0 spiro atoms. The van der Waals surface area contributed by atoms with Crippen LogP contribution in [0.4, 0.5) is 16.2 Å². The third-order valence-corrected chi connectivity index (χ3v) is 6.17. The van der Waals surface area contributed by atoms with E-state index in [0.29, 0.717) is 19.7 Å². The molecule has 0 saturated carbocycles. The highest BCUT2D eigenvalue weighted by molar-refractivity contribution is 6.16. The molecule has 2 heterocycles. The second-order valence-corrected chi connectivity index (χ2v) is 10.3. The lowest BCUT2D eigenvalue weighted by atomic mass is 10.0. The van der Waals surface area contributed by atoms with Crippen LogP contribution < -0.4 is 25.6 Å². The van der Waals surface area contributed by atoms with Crippen LogP contribution in [0.1, 0.15) is 47.5 Å². The lowest BCUT2D eigenvalue weighted by Gasteiger charge is -2.37. The summed E-state index contributed by atoms with van der Waals surface area (Å²) in [6.07, 6.45) is 5.05. The van der Waals surface area contributed by atoms with Gasteiger partial charge in [-0.3, -0.25) is 9.79 Å². The van der Waals surface area contributed by atoms with E-state index < -0.39 is 12.1 Å². The Morgan fingerprint density at radius 1 is 1.16 bits per heavy atom. The minimum absolute atomic E-state index is 0.0640. The van der Waals surface area contributed by atoms with Gasteiger partial charge in [0, 0.05) is 24.9 Å². The van der Waals surface area contributed by atoms with Crippen molar-refractivity contribution in [2.75, 3.05) is 37.0 Å². The van der Waals surface area contributed by atoms with Crippen LogP contribution >= 0.6 is 0 Å². The molecule has 2 aliphatic heterocycles. The molecule has 2 aliphatic rings. The van der Waals surface area contributed by atoms with Gasteiger partial charge in [-0.2, -0.15) is 0 Å². The van der Waals surface area contributed by atoms with Crippen molar-refractivity contribution in [3.63, 3.8) is 0 Å². The Labute approximate surface area is 226 Å². The first kappa shape index (κ1) is 28.8. The number of allylic oxidation sites excluding steroid dienone is 4. The van der Waals surface area contributed by atoms with E-state index in [1.807, 2.05) is 58.0 Å². The fourth-order valence-corrected chi connectivity index (χ4v) is 4.24. The fraction of sp³-hybridized carbons (Fsp3) is 0.483. The van der Waals surface area contributed by atoms with Gasteiger partial charge in [0.25, 0.3) is 0 Å². The van der Waals surface area contributed by atoms with Gasteiger partial charge in [-0.05, 0) is 61.5 Å². The molecular weight excluding hydrogens is 482 g/mol. The molecular formula is C29H41N5O4. The summed E-state index contributed by atoms with van der Waals surface area (Å²) in [7, 11) is 1.65. The summed E-state index contributed by atoms with van der Waals surface area (Å²) in [5, 5.41) is 9.06. The van der Waals surface area contributed by atoms with Crippen molar-refractivity contribution in [2.45, 2.75) is 53.5 Å². The van der Waals surface area contributed by atoms with Crippen molar-refractivity contribution in [1.82, 2.24) is 10.6 Å². The molecule has 3 rings (SSSR count). The summed E-state index contributed by atoms with van der Waals surface area (Å²) in [5.74, 6) is 1.49. The number of fused-ring (bicyclic) bond motifs is 3. The minimum Gasteiger partial charge on any atom is -0.497 e. The minimum atomic E-state index is -0.646. The summed E-state index contributed by atoms with van der Waals surface area (Å²) >= 11 is 0. The molecule has 0 aromatic heterocycles. The van der Waals surface area contributed by atoms with Gasteiger partial charge < -0.3 is 30.3 Å². The number of hydrogen-bond donors (Lipinski definition) is 3. The van der Waals surface area contributed by atoms with Crippen LogP contribution in [0, 0.1) is 11.8 Å². The van der Waals surface area contributed by atoms with Crippen LogP contribution in [0.2, 0.25) is 0 Å². The molecule has 38 heavy (non-hydrogen) atoms. The number of hydrogen-bond acceptors (Lipinski definition) is 6. The number of anilines is 2. The van der Waals surface area contributed by atoms with Crippen LogP contribution in [0.3, 0.4) is 0 Å². The monoisotopic (exact) mass is 523 g/mol. The zero-order valence-electron chi connectivity index (χ0n) is 23.4. The van der Waals surface area contributed by atoms with Crippen molar-refractivity contribution < 1.29 is 19.1 Å². The maximum absolute atomic E-state index is 12.7. The molecule has 1 atom stereocenters. The second-order valence-electron chi connectivity index (χ2n) is 10.3. The van der Waals surface area contributed by atoms with Gasteiger partial charge in [0.1, 0.15) is 17.6 Å². The number of alkyl carbamates (subject to hydrolysis) is 1. The number of carbonyl (C=O) groups is 2. The highest BCUT2D eigenvalue weighted by Crippen LogP contribution is 2.41. The number of nitrogens with one attached hydrogen (secondary N) is 3. The summed E-state index contributed by atoms with van der Waals surface area (Å²) in [5.41, 5.74) is 4.89. The van der Waals surface area contributed by atoms with E-state index in [4.69, 9.17) is 14.5 Å². The summed E-state index contributed by atoms with van der Waals surface area (Å²) in [6.45, 7) is 15.3. The standard InChI is InChI=1S/C29H41N5O4/c1-18(2)17-38-29(36)33-26(19(3)4)28(35)31-13-9-8-12-30-27-25-15-20(5)14-21(6)34(25)24-11-10-22(37-7)16-23(24)32-27/h10-11,14-16,18-19,26H,5,8-9,12-13,17H2,1-4,6-7H3,(H,30,32)(H,31,35)(H,33,36)/t26-/m0/s1. The number of methoxy groups -OCH3 is 1. The molecule has 0 aliphatic carbocycles. The average Bonchev–Trinajstić information content (AvgIpc) is 2.86. The molecule has 0 saturated heterocycles. The van der Waals surface area contributed by atoms with E-state index in [-0.39, 0.29) is 17.7 Å². The highest BCUT2D eigenvalue weighted by Gasteiger charge is 2.29. The number of aliphatic imine (C=N–C) groups is 1. The number of ether oxygens (including phenoxy) is 2. The van der Waals surface area contributed by atoms with Crippen molar-refractivity contribution in [3.8, 4) is 5.75 Å². The number of rotatable bonds is 11. The number of amides is 2. The largest absolute Gasteiger partial charge is 0.497 e. The van der Waals surface area contributed by atoms with E-state index in [1.54, 1.807) is 7.11 Å². The average molecular weight is 524 g/mol. The maximum atomic E-state index is 12.7. The van der Waals surface area contributed by atoms with E-state index in [0.717, 1.165) is 52.8 Å². The van der Waals surface area contributed by atoms with Gasteiger partial charge in [-0.25, -0.2) is 4.79 Å². The van der Waals surface area contributed by atoms with E-state index in [2.05, 4.69) is 34.4 Å². The third kappa shape index (κ3) is 7.40.